The molecule has 4 heteroatoms. The van der Waals surface area contributed by atoms with E-state index >= 15 is 0 Å². The van der Waals surface area contributed by atoms with E-state index in [0.29, 0.717) is 19.1 Å². The Morgan fingerprint density at radius 1 is 0.724 bits per heavy atom. The molecule has 150 valence electrons. The maximum atomic E-state index is 5.95. The minimum Gasteiger partial charge on any atom is -0.490 e. The van der Waals surface area contributed by atoms with Crippen molar-refractivity contribution in [3.05, 3.63) is 79.0 Å². The molecule has 0 aliphatic heterocycles. The first kappa shape index (κ1) is 20.5. The molecular weight excluding hydrogens is 362 g/mol. The van der Waals surface area contributed by atoms with E-state index in [1.54, 1.807) is 6.20 Å². The smallest absolute Gasteiger partial charge is 0.226 e. The number of oxazole rings is 1. The summed E-state index contributed by atoms with van der Waals surface area (Å²) in [7, 11) is 0. The van der Waals surface area contributed by atoms with Gasteiger partial charge in [-0.3, -0.25) is 0 Å². The quantitative estimate of drug-likeness (QED) is 0.362. The third-order valence-electron chi connectivity index (χ3n) is 4.24. The summed E-state index contributed by atoms with van der Waals surface area (Å²) in [4.78, 5) is 4.41. The largest absolute Gasteiger partial charge is 0.490 e. The average Bonchev–Trinajstić information content (AvgIpc) is 3.25. The van der Waals surface area contributed by atoms with Crippen molar-refractivity contribution in [1.29, 1.82) is 0 Å². The van der Waals surface area contributed by atoms with Crippen LogP contribution in [0.3, 0.4) is 0 Å². The summed E-state index contributed by atoms with van der Waals surface area (Å²) in [5, 5.41) is 0. The van der Waals surface area contributed by atoms with Gasteiger partial charge in [-0.2, -0.15) is 0 Å². The Morgan fingerprint density at radius 2 is 1.24 bits per heavy atom. The Labute approximate surface area is 172 Å². The first-order valence-corrected chi connectivity index (χ1v) is 10.0. The molecule has 0 aliphatic carbocycles. The van der Waals surface area contributed by atoms with Gasteiger partial charge >= 0.3 is 0 Å². The third-order valence-corrected chi connectivity index (χ3v) is 4.24. The minimum absolute atomic E-state index is 0.574. The highest BCUT2D eigenvalue weighted by Gasteiger charge is 2.09. The zero-order valence-corrected chi connectivity index (χ0v) is 17.0. The number of hydrogen-bond acceptors (Lipinski definition) is 4. The van der Waals surface area contributed by atoms with Crippen LogP contribution >= 0.6 is 0 Å². The van der Waals surface area contributed by atoms with Crippen LogP contribution in [0.5, 0.6) is 11.5 Å². The number of aromatic nitrogens is 1. The number of benzene rings is 2. The molecule has 0 saturated carbocycles. The van der Waals surface area contributed by atoms with Crippen molar-refractivity contribution in [2.75, 3.05) is 13.2 Å². The van der Waals surface area contributed by atoms with E-state index in [1.165, 1.54) is 0 Å². The second-order valence-corrected chi connectivity index (χ2v) is 6.46. The third kappa shape index (κ3) is 6.11. The minimum atomic E-state index is 0.574. The van der Waals surface area contributed by atoms with Crippen LogP contribution < -0.4 is 9.47 Å². The van der Waals surface area contributed by atoms with Gasteiger partial charge in [0.25, 0.3) is 0 Å². The highest BCUT2D eigenvalue weighted by atomic mass is 16.5. The van der Waals surface area contributed by atoms with Gasteiger partial charge in [0.15, 0.2) is 5.76 Å². The van der Waals surface area contributed by atoms with Crippen molar-refractivity contribution in [2.24, 2.45) is 0 Å². The molecule has 0 radical (unpaired) electrons. The van der Waals surface area contributed by atoms with Crippen molar-refractivity contribution in [3.8, 4) is 34.3 Å². The molecule has 0 saturated heterocycles. The summed E-state index contributed by atoms with van der Waals surface area (Å²) >= 11 is 0. The highest BCUT2D eigenvalue weighted by Crippen LogP contribution is 2.28. The molecule has 0 spiro atoms. The van der Waals surface area contributed by atoms with E-state index in [1.807, 2.05) is 60.7 Å². The number of rotatable bonds is 10. The molecule has 1 heterocycles. The van der Waals surface area contributed by atoms with Crippen molar-refractivity contribution >= 4 is 0 Å². The number of ether oxygens (including phenoxy) is 2. The van der Waals surface area contributed by atoms with E-state index < -0.39 is 0 Å². The molecule has 3 rings (SSSR count). The first-order chi connectivity index (χ1) is 14.3. The fourth-order valence-electron chi connectivity index (χ4n) is 2.71. The second-order valence-electron chi connectivity index (χ2n) is 6.46. The van der Waals surface area contributed by atoms with Gasteiger partial charge in [-0.15, -0.1) is 0 Å². The molecule has 4 nitrogen and oxygen atoms in total. The lowest BCUT2D eigenvalue weighted by molar-refractivity contribution is 0.362. The molecule has 0 amide bonds. The Kier molecular flexibility index (Phi) is 7.70. The predicted molar refractivity (Wildman–Crippen MR) is 117 cm³/mol. The zero-order valence-electron chi connectivity index (χ0n) is 17.0. The normalized spacial score (nSPS) is 11.4. The number of nitrogens with zero attached hydrogens (tertiary/aromatic N) is 1. The van der Waals surface area contributed by atoms with Crippen molar-refractivity contribution in [1.82, 2.24) is 4.98 Å². The predicted octanol–water partition coefficient (Wildman–Crippen LogP) is 6.70. The van der Waals surface area contributed by atoms with Gasteiger partial charge < -0.3 is 13.9 Å². The Morgan fingerprint density at radius 3 is 1.76 bits per heavy atom. The lowest BCUT2D eigenvalue weighted by Crippen LogP contribution is -1.92. The molecule has 2 aromatic carbocycles. The van der Waals surface area contributed by atoms with Gasteiger partial charge in [-0.1, -0.05) is 38.2 Å². The van der Waals surface area contributed by atoms with E-state index in [2.05, 4.69) is 31.0 Å². The van der Waals surface area contributed by atoms with Crippen molar-refractivity contribution in [2.45, 2.75) is 26.7 Å². The molecule has 1 aromatic heterocycles. The van der Waals surface area contributed by atoms with Gasteiger partial charge in [0.05, 0.1) is 6.20 Å². The molecule has 29 heavy (non-hydrogen) atoms. The summed E-state index contributed by atoms with van der Waals surface area (Å²) in [6.07, 6.45) is 12.0. The molecular formula is C25H27NO3. The summed E-state index contributed by atoms with van der Waals surface area (Å²) in [5.41, 5.74) is 1.87. The van der Waals surface area contributed by atoms with Crippen LogP contribution in [0, 0.1) is 0 Å². The van der Waals surface area contributed by atoms with Crippen LogP contribution in [0.25, 0.3) is 22.8 Å². The monoisotopic (exact) mass is 389 g/mol. The van der Waals surface area contributed by atoms with Crippen LogP contribution in [-0.2, 0) is 0 Å². The van der Waals surface area contributed by atoms with E-state index in [0.717, 1.165) is 41.2 Å². The zero-order chi connectivity index (χ0) is 20.3. The topological polar surface area (TPSA) is 44.5 Å². The molecule has 0 fully saturated rings. The highest BCUT2D eigenvalue weighted by molar-refractivity contribution is 5.62. The fourth-order valence-corrected chi connectivity index (χ4v) is 2.71. The molecule has 0 unspecified atom stereocenters. The average molecular weight is 389 g/mol. The first-order valence-electron chi connectivity index (χ1n) is 10.0. The SMILES string of the molecule is CC/C=C/COc1ccc(-c2cnc(-c3ccc(OC/C=C/CC)cc3)o2)cc1. The van der Waals surface area contributed by atoms with Gasteiger partial charge in [0.1, 0.15) is 24.7 Å². The van der Waals surface area contributed by atoms with E-state index in [9.17, 15) is 0 Å². The van der Waals surface area contributed by atoms with Crippen LogP contribution in [0.15, 0.2) is 83.4 Å². The van der Waals surface area contributed by atoms with Crippen molar-refractivity contribution in [3.63, 3.8) is 0 Å². The maximum Gasteiger partial charge on any atom is 0.226 e. The van der Waals surface area contributed by atoms with Gasteiger partial charge in [-0.25, -0.2) is 4.98 Å². The van der Waals surface area contributed by atoms with Gasteiger partial charge in [0, 0.05) is 11.1 Å². The van der Waals surface area contributed by atoms with Gasteiger partial charge in [0.2, 0.25) is 5.89 Å². The molecule has 0 atom stereocenters. The van der Waals surface area contributed by atoms with Crippen LogP contribution in [-0.4, -0.2) is 18.2 Å². The number of allylic oxidation sites excluding steroid dienone is 2. The summed E-state index contributed by atoms with van der Waals surface area (Å²) in [6.45, 7) is 5.36. The van der Waals surface area contributed by atoms with Crippen LogP contribution in [0.2, 0.25) is 0 Å². The molecule has 0 aliphatic rings. The Hall–Kier alpha value is -3.27. The fraction of sp³-hybridized carbons (Fsp3) is 0.240. The van der Waals surface area contributed by atoms with E-state index in [-0.39, 0.29) is 0 Å². The summed E-state index contributed by atoms with van der Waals surface area (Å²) < 4.78 is 17.3. The van der Waals surface area contributed by atoms with Crippen molar-refractivity contribution < 1.29 is 13.9 Å². The Bertz CT molecular complexity index is 845. The molecule has 0 N–H and O–H groups in total. The number of hydrogen-bond donors (Lipinski definition) is 0. The lowest BCUT2D eigenvalue weighted by Gasteiger charge is -2.04. The second kappa shape index (κ2) is 10.9. The standard InChI is InChI=1S/C25H27NO3/c1-3-5-7-17-27-22-13-9-20(10-14-22)24-19-26-25(29-24)21-11-15-23(16-12-21)28-18-8-6-4-2/h5-16,19H,3-4,17-18H2,1-2H3/b7-5+,8-6+. The van der Waals surface area contributed by atoms with Crippen LogP contribution in [0.4, 0.5) is 0 Å². The van der Waals surface area contributed by atoms with E-state index in [4.69, 9.17) is 13.9 Å². The van der Waals surface area contributed by atoms with Gasteiger partial charge in [-0.05, 0) is 61.4 Å². The maximum absolute atomic E-state index is 5.95. The summed E-state index contributed by atoms with van der Waals surface area (Å²) in [5.74, 6) is 2.97. The molecule has 3 aromatic rings. The lowest BCUT2D eigenvalue weighted by atomic mass is 10.2. The molecule has 0 bridgehead atoms. The van der Waals surface area contributed by atoms with Crippen LogP contribution in [0.1, 0.15) is 26.7 Å². The Balaban J connectivity index is 1.61. The summed E-state index contributed by atoms with van der Waals surface area (Å²) in [6, 6.07) is 15.6.